The molecule has 0 saturated carbocycles. The molecule has 2 aromatic rings. The van der Waals surface area contributed by atoms with E-state index in [9.17, 15) is 0 Å². The van der Waals surface area contributed by atoms with Crippen LogP contribution < -0.4 is 0 Å². The standard InChI is InChI=1S/C21H26/c1-3-21(2)9-8-17-12-18-10-15-6-4-5-7-16(15)11-19(18)13-20(17)14-21/h10-13H,3-9,14H2,1-2H3. The molecule has 1 unspecified atom stereocenters. The minimum absolute atomic E-state index is 0.523. The fourth-order valence-corrected chi connectivity index (χ4v) is 4.32. The molecule has 2 aliphatic carbocycles. The Morgan fingerprint density at radius 3 is 1.90 bits per heavy atom. The minimum Gasteiger partial charge on any atom is -0.0649 e. The van der Waals surface area contributed by atoms with Crippen LogP contribution in [0.25, 0.3) is 10.8 Å². The van der Waals surface area contributed by atoms with Gasteiger partial charge >= 0.3 is 0 Å². The van der Waals surface area contributed by atoms with Crippen molar-refractivity contribution >= 4 is 10.8 Å². The first-order chi connectivity index (χ1) is 10.2. The first kappa shape index (κ1) is 13.4. The van der Waals surface area contributed by atoms with Gasteiger partial charge in [0, 0.05) is 0 Å². The molecule has 4 rings (SSSR count). The van der Waals surface area contributed by atoms with Crippen molar-refractivity contribution in [3.05, 3.63) is 46.5 Å². The molecule has 0 radical (unpaired) electrons. The summed E-state index contributed by atoms with van der Waals surface area (Å²) in [4.78, 5) is 0. The summed E-state index contributed by atoms with van der Waals surface area (Å²) in [7, 11) is 0. The van der Waals surface area contributed by atoms with Crippen LogP contribution in [-0.4, -0.2) is 0 Å². The monoisotopic (exact) mass is 278 g/mol. The van der Waals surface area contributed by atoms with Gasteiger partial charge in [0.25, 0.3) is 0 Å². The first-order valence-corrected chi connectivity index (χ1v) is 8.74. The number of benzene rings is 2. The molecule has 0 fully saturated rings. The molecule has 110 valence electrons. The van der Waals surface area contributed by atoms with E-state index in [-0.39, 0.29) is 0 Å². The summed E-state index contributed by atoms with van der Waals surface area (Å²) < 4.78 is 0. The number of fused-ring (bicyclic) bond motifs is 3. The molecule has 0 heterocycles. The van der Waals surface area contributed by atoms with Crippen molar-refractivity contribution in [3.63, 3.8) is 0 Å². The van der Waals surface area contributed by atoms with E-state index in [1.807, 2.05) is 0 Å². The second kappa shape index (κ2) is 4.87. The van der Waals surface area contributed by atoms with Gasteiger partial charge in [0.15, 0.2) is 0 Å². The highest BCUT2D eigenvalue weighted by Gasteiger charge is 2.28. The Kier molecular flexibility index (Phi) is 3.10. The Morgan fingerprint density at radius 2 is 1.33 bits per heavy atom. The Bertz CT molecular complexity index is 695. The van der Waals surface area contributed by atoms with Crippen molar-refractivity contribution in [2.75, 3.05) is 0 Å². The molecule has 0 heteroatoms. The number of hydrogen-bond acceptors (Lipinski definition) is 0. The van der Waals surface area contributed by atoms with Gasteiger partial charge < -0.3 is 0 Å². The summed E-state index contributed by atoms with van der Waals surface area (Å²) >= 11 is 0. The highest BCUT2D eigenvalue weighted by atomic mass is 14.3. The van der Waals surface area contributed by atoms with Gasteiger partial charge in [-0.2, -0.15) is 0 Å². The van der Waals surface area contributed by atoms with Crippen LogP contribution in [0.5, 0.6) is 0 Å². The molecule has 0 bridgehead atoms. The maximum atomic E-state index is 2.51. The SMILES string of the molecule is CCC1(C)CCc2cc3cc4c(cc3cc2C1)CCCC4. The van der Waals surface area contributed by atoms with Gasteiger partial charge in [-0.05, 0) is 83.4 Å². The van der Waals surface area contributed by atoms with Crippen LogP contribution >= 0.6 is 0 Å². The lowest BCUT2D eigenvalue weighted by molar-refractivity contribution is 0.268. The van der Waals surface area contributed by atoms with Crippen molar-refractivity contribution in [2.24, 2.45) is 5.41 Å². The van der Waals surface area contributed by atoms with E-state index in [1.165, 1.54) is 62.1 Å². The average molecular weight is 278 g/mol. The lowest BCUT2D eigenvalue weighted by atomic mass is 9.71. The molecular formula is C21H26. The van der Waals surface area contributed by atoms with Gasteiger partial charge in [-0.15, -0.1) is 0 Å². The molecule has 0 aliphatic heterocycles. The quantitative estimate of drug-likeness (QED) is 0.634. The average Bonchev–Trinajstić information content (AvgIpc) is 2.51. The van der Waals surface area contributed by atoms with Gasteiger partial charge in [-0.1, -0.05) is 44.5 Å². The molecule has 0 nitrogen and oxygen atoms in total. The fourth-order valence-electron chi connectivity index (χ4n) is 4.32. The first-order valence-electron chi connectivity index (χ1n) is 8.74. The third-order valence-corrected chi connectivity index (χ3v) is 6.09. The van der Waals surface area contributed by atoms with E-state index >= 15 is 0 Å². The Hall–Kier alpha value is -1.30. The van der Waals surface area contributed by atoms with E-state index in [4.69, 9.17) is 0 Å². The zero-order valence-electron chi connectivity index (χ0n) is 13.5. The molecule has 0 aromatic heterocycles. The largest absolute Gasteiger partial charge is 0.0649 e. The van der Waals surface area contributed by atoms with Crippen LogP contribution in [-0.2, 0) is 25.7 Å². The molecule has 2 aromatic carbocycles. The maximum absolute atomic E-state index is 2.51. The summed E-state index contributed by atoms with van der Waals surface area (Å²) in [6, 6.07) is 9.97. The van der Waals surface area contributed by atoms with E-state index in [0.717, 1.165) is 0 Å². The highest BCUT2D eigenvalue weighted by molar-refractivity contribution is 5.86. The van der Waals surface area contributed by atoms with Gasteiger partial charge in [-0.3, -0.25) is 0 Å². The third-order valence-electron chi connectivity index (χ3n) is 6.09. The van der Waals surface area contributed by atoms with Crippen molar-refractivity contribution in [2.45, 2.75) is 65.2 Å². The molecular weight excluding hydrogens is 252 g/mol. The molecule has 21 heavy (non-hydrogen) atoms. The van der Waals surface area contributed by atoms with Crippen molar-refractivity contribution < 1.29 is 0 Å². The Balaban J connectivity index is 1.83. The van der Waals surface area contributed by atoms with E-state index in [1.54, 1.807) is 22.3 Å². The second-order valence-corrected chi connectivity index (χ2v) is 7.64. The summed E-state index contributed by atoms with van der Waals surface area (Å²) in [6.45, 7) is 4.81. The molecule has 2 aliphatic rings. The predicted molar refractivity (Wildman–Crippen MR) is 91.0 cm³/mol. The molecule has 0 spiro atoms. The van der Waals surface area contributed by atoms with Crippen molar-refractivity contribution in [1.82, 2.24) is 0 Å². The van der Waals surface area contributed by atoms with E-state index in [0.29, 0.717) is 5.41 Å². The van der Waals surface area contributed by atoms with Crippen LogP contribution in [0.2, 0.25) is 0 Å². The number of rotatable bonds is 1. The number of hydrogen-bond donors (Lipinski definition) is 0. The van der Waals surface area contributed by atoms with Crippen LogP contribution in [0.15, 0.2) is 24.3 Å². The van der Waals surface area contributed by atoms with Gasteiger partial charge in [0.05, 0.1) is 0 Å². The van der Waals surface area contributed by atoms with Crippen molar-refractivity contribution in [3.8, 4) is 0 Å². The minimum atomic E-state index is 0.523. The zero-order valence-corrected chi connectivity index (χ0v) is 13.5. The van der Waals surface area contributed by atoms with Gasteiger partial charge in [-0.25, -0.2) is 0 Å². The predicted octanol–water partition coefficient (Wildman–Crippen LogP) is 5.62. The van der Waals surface area contributed by atoms with Crippen molar-refractivity contribution in [1.29, 1.82) is 0 Å². The van der Waals surface area contributed by atoms with Crippen LogP contribution in [0.1, 0.15) is 61.8 Å². The highest BCUT2D eigenvalue weighted by Crippen LogP contribution is 2.39. The maximum Gasteiger partial charge on any atom is -0.0178 e. The third kappa shape index (κ3) is 2.29. The Labute approximate surface area is 128 Å². The smallest absolute Gasteiger partial charge is 0.0178 e. The Morgan fingerprint density at radius 1 is 0.810 bits per heavy atom. The summed E-state index contributed by atoms with van der Waals surface area (Å²) in [5.41, 5.74) is 6.98. The topological polar surface area (TPSA) is 0 Å². The fraction of sp³-hybridized carbons (Fsp3) is 0.524. The van der Waals surface area contributed by atoms with E-state index < -0.39 is 0 Å². The summed E-state index contributed by atoms with van der Waals surface area (Å²) in [6.07, 6.45) is 10.5. The lowest BCUT2D eigenvalue weighted by Crippen LogP contribution is -2.24. The van der Waals surface area contributed by atoms with Crippen LogP contribution in [0.3, 0.4) is 0 Å². The van der Waals surface area contributed by atoms with Crippen LogP contribution in [0, 0.1) is 5.41 Å². The molecule has 1 atom stereocenters. The molecule has 0 saturated heterocycles. The normalized spacial score (nSPS) is 24.7. The van der Waals surface area contributed by atoms with Crippen LogP contribution in [0.4, 0.5) is 0 Å². The summed E-state index contributed by atoms with van der Waals surface area (Å²) in [5, 5.41) is 2.96. The summed E-state index contributed by atoms with van der Waals surface area (Å²) in [5.74, 6) is 0. The lowest BCUT2D eigenvalue weighted by Gasteiger charge is -2.34. The molecule has 0 amide bonds. The second-order valence-electron chi connectivity index (χ2n) is 7.64. The number of aryl methyl sites for hydroxylation is 3. The van der Waals surface area contributed by atoms with Gasteiger partial charge in [0.2, 0.25) is 0 Å². The zero-order chi connectivity index (χ0) is 14.4. The molecule has 0 N–H and O–H groups in total. The van der Waals surface area contributed by atoms with E-state index in [2.05, 4.69) is 38.1 Å². The van der Waals surface area contributed by atoms with Gasteiger partial charge in [0.1, 0.15) is 0 Å².